The maximum absolute atomic E-state index is 12.5. The van der Waals surface area contributed by atoms with E-state index in [2.05, 4.69) is 4.74 Å². The molecule has 1 aliphatic carbocycles. The van der Waals surface area contributed by atoms with Crippen molar-refractivity contribution in [3.05, 3.63) is 29.8 Å². The minimum atomic E-state index is -4.83. The molecule has 1 saturated carbocycles. The molecule has 1 fully saturated rings. The van der Waals surface area contributed by atoms with Gasteiger partial charge in [-0.25, -0.2) is 0 Å². The number of carbonyl (C=O) groups excluding carboxylic acids is 1. The Hall–Kier alpha value is -1.56. The first-order chi connectivity index (χ1) is 9.38. The molecule has 110 valence electrons. The van der Waals surface area contributed by atoms with Crippen LogP contribution in [0.5, 0.6) is 5.75 Å². The predicted octanol–water partition coefficient (Wildman–Crippen LogP) is 3.73. The van der Waals surface area contributed by atoms with Gasteiger partial charge in [-0.05, 0) is 37.8 Å². The van der Waals surface area contributed by atoms with Crippen LogP contribution in [0, 0.1) is 0 Å². The zero-order chi connectivity index (χ0) is 14.8. The molecule has 0 radical (unpaired) electrons. The molecule has 0 aliphatic heterocycles. The zero-order valence-corrected chi connectivity index (χ0v) is 11.0. The number of para-hydroxylation sites is 1. The second-order valence-corrected chi connectivity index (χ2v) is 4.78. The molecule has 0 N–H and O–H groups in total. The fraction of sp³-hybridized carbons (Fsp3) is 0.500. The van der Waals surface area contributed by atoms with Gasteiger partial charge in [-0.2, -0.15) is 0 Å². The smallest absolute Gasteiger partial charge is 0.405 e. The molecule has 2 rings (SSSR count). The molecule has 0 spiro atoms. The number of hydrogen-bond donors (Lipinski definition) is 0. The van der Waals surface area contributed by atoms with Gasteiger partial charge >= 0.3 is 6.36 Å². The molecule has 0 aromatic heterocycles. The van der Waals surface area contributed by atoms with E-state index in [1.165, 1.54) is 25.3 Å². The van der Waals surface area contributed by atoms with E-state index in [0.717, 1.165) is 18.9 Å². The first kappa shape index (κ1) is 14.8. The van der Waals surface area contributed by atoms with E-state index in [0.29, 0.717) is 12.8 Å². The summed E-state index contributed by atoms with van der Waals surface area (Å²) >= 11 is 0. The van der Waals surface area contributed by atoms with Crippen LogP contribution in [0.3, 0.4) is 0 Å². The molecule has 1 aliphatic rings. The number of halogens is 3. The van der Waals surface area contributed by atoms with Gasteiger partial charge in [-0.1, -0.05) is 12.1 Å². The summed E-state index contributed by atoms with van der Waals surface area (Å²) in [7, 11) is 1.41. The van der Waals surface area contributed by atoms with Crippen molar-refractivity contribution in [2.45, 2.75) is 37.6 Å². The molecule has 0 unspecified atom stereocenters. The Bertz CT molecular complexity index is 491. The largest absolute Gasteiger partial charge is 0.573 e. The first-order valence-electron chi connectivity index (χ1n) is 6.33. The van der Waals surface area contributed by atoms with Crippen LogP contribution in [0.25, 0.3) is 0 Å². The Morgan fingerprint density at radius 1 is 1.20 bits per heavy atom. The van der Waals surface area contributed by atoms with Gasteiger partial charge in [-0.3, -0.25) is 4.79 Å². The van der Waals surface area contributed by atoms with E-state index >= 15 is 0 Å². The van der Waals surface area contributed by atoms with E-state index in [9.17, 15) is 18.0 Å². The lowest BCUT2D eigenvalue weighted by Crippen LogP contribution is -2.38. The fourth-order valence-electron chi connectivity index (χ4n) is 2.58. The van der Waals surface area contributed by atoms with Gasteiger partial charge in [0.2, 0.25) is 0 Å². The van der Waals surface area contributed by atoms with Gasteiger partial charge in [-0.15, -0.1) is 13.2 Å². The Morgan fingerprint density at radius 3 is 2.35 bits per heavy atom. The highest BCUT2D eigenvalue weighted by Gasteiger charge is 2.43. The third-order valence-corrected chi connectivity index (χ3v) is 3.57. The van der Waals surface area contributed by atoms with Gasteiger partial charge in [0, 0.05) is 7.11 Å². The van der Waals surface area contributed by atoms with E-state index in [1.54, 1.807) is 0 Å². The molecule has 1 aromatic carbocycles. The number of ether oxygens (including phenoxy) is 2. The molecule has 0 atom stereocenters. The Balaban J connectivity index is 2.35. The average molecular weight is 288 g/mol. The minimum absolute atomic E-state index is 0.0893. The van der Waals surface area contributed by atoms with Crippen molar-refractivity contribution in [2.75, 3.05) is 7.11 Å². The van der Waals surface area contributed by atoms with E-state index in [1.807, 2.05) is 0 Å². The van der Waals surface area contributed by atoms with Crippen molar-refractivity contribution in [3.63, 3.8) is 0 Å². The topological polar surface area (TPSA) is 35.5 Å². The number of methoxy groups -OCH3 is 1. The molecule has 3 nitrogen and oxygen atoms in total. The monoisotopic (exact) mass is 288 g/mol. The highest BCUT2D eigenvalue weighted by atomic mass is 19.4. The molecule has 0 amide bonds. The fourth-order valence-corrected chi connectivity index (χ4v) is 2.58. The summed E-state index contributed by atoms with van der Waals surface area (Å²) in [5.74, 6) is -0.925. The number of ketones is 1. The van der Waals surface area contributed by atoms with Crippen molar-refractivity contribution in [2.24, 2.45) is 0 Å². The van der Waals surface area contributed by atoms with Gasteiger partial charge < -0.3 is 9.47 Å². The lowest BCUT2D eigenvalue weighted by molar-refractivity contribution is -0.274. The van der Waals surface area contributed by atoms with Gasteiger partial charge in [0.1, 0.15) is 11.4 Å². The summed E-state index contributed by atoms with van der Waals surface area (Å²) in [6.07, 6.45) is -2.15. The van der Waals surface area contributed by atoms with E-state index in [4.69, 9.17) is 4.74 Å². The van der Waals surface area contributed by atoms with Crippen molar-refractivity contribution in [1.29, 1.82) is 0 Å². The quantitative estimate of drug-likeness (QED) is 0.792. The summed E-state index contributed by atoms with van der Waals surface area (Å²) in [6, 6.07) is 5.38. The predicted molar refractivity (Wildman–Crippen MR) is 65.7 cm³/mol. The molecule has 0 bridgehead atoms. The van der Waals surface area contributed by atoms with Crippen LogP contribution in [-0.4, -0.2) is 24.9 Å². The standard InChI is InChI=1S/C14H15F3O3/c1-19-13(8-4-5-9-13)12(18)10-6-2-3-7-11(10)20-14(15,16)17/h2-3,6-7H,4-5,8-9H2,1H3. The van der Waals surface area contributed by atoms with E-state index in [-0.39, 0.29) is 5.56 Å². The molecular weight excluding hydrogens is 273 g/mol. The summed E-state index contributed by atoms with van der Waals surface area (Å²) in [5, 5.41) is 0. The number of rotatable bonds is 4. The van der Waals surface area contributed by atoms with Gasteiger partial charge in [0.15, 0.2) is 5.78 Å². The van der Waals surface area contributed by atoms with Crippen LogP contribution < -0.4 is 4.74 Å². The highest BCUT2D eigenvalue weighted by molar-refractivity contribution is 6.04. The molecule has 0 heterocycles. The minimum Gasteiger partial charge on any atom is -0.405 e. The first-order valence-corrected chi connectivity index (χ1v) is 6.33. The van der Waals surface area contributed by atoms with Gasteiger partial charge in [0.25, 0.3) is 0 Å². The van der Waals surface area contributed by atoms with Crippen LogP contribution in [0.1, 0.15) is 36.0 Å². The van der Waals surface area contributed by atoms with Crippen molar-refractivity contribution < 1.29 is 27.4 Å². The van der Waals surface area contributed by atoms with Gasteiger partial charge in [0.05, 0.1) is 5.56 Å². The average Bonchev–Trinajstić information content (AvgIpc) is 2.86. The third-order valence-electron chi connectivity index (χ3n) is 3.57. The summed E-state index contributed by atoms with van der Waals surface area (Å²) in [5.41, 5.74) is -1.11. The van der Waals surface area contributed by atoms with Crippen LogP contribution in [-0.2, 0) is 4.74 Å². The van der Waals surface area contributed by atoms with Crippen LogP contribution in [0.2, 0.25) is 0 Å². The number of alkyl halides is 3. The summed E-state index contributed by atoms with van der Waals surface area (Å²) in [6.45, 7) is 0. The van der Waals surface area contributed by atoms with Crippen molar-refractivity contribution >= 4 is 5.78 Å². The number of carbonyl (C=O) groups is 1. The van der Waals surface area contributed by atoms with Crippen molar-refractivity contribution in [3.8, 4) is 5.75 Å². The number of benzene rings is 1. The third kappa shape index (κ3) is 2.95. The summed E-state index contributed by atoms with van der Waals surface area (Å²) < 4.78 is 46.4. The lowest BCUT2D eigenvalue weighted by atomic mass is 9.90. The Morgan fingerprint density at radius 2 is 1.80 bits per heavy atom. The number of hydrogen-bond acceptors (Lipinski definition) is 3. The van der Waals surface area contributed by atoms with Crippen LogP contribution in [0.15, 0.2) is 24.3 Å². The Kier molecular flexibility index (Phi) is 4.04. The Labute approximate surface area is 114 Å². The van der Waals surface area contributed by atoms with Crippen molar-refractivity contribution in [1.82, 2.24) is 0 Å². The van der Waals surface area contributed by atoms with Crippen LogP contribution >= 0.6 is 0 Å². The zero-order valence-electron chi connectivity index (χ0n) is 11.0. The highest BCUT2D eigenvalue weighted by Crippen LogP contribution is 2.38. The maximum Gasteiger partial charge on any atom is 0.573 e. The van der Waals surface area contributed by atoms with Crippen LogP contribution in [0.4, 0.5) is 13.2 Å². The molecule has 20 heavy (non-hydrogen) atoms. The molecule has 0 saturated heterocycles. The molecule has 1 aromatic rings. The maximum atomic E-state index is 12.5. The summed E-state index contributed by atoms with van der Waals surface area (Å²) in [4.78, 5) is 12.5. The SMILES string of the molecule is COC1(C(=O)c2ccccc2OC(F)(F)F)CCCC1. The second-order valence-electron chi connectivity index (χ2n) is 4.78. The second kappa shape index (κ2) is 5.44. The van der Waals surface area contributed by atoms with E-state index < -0.39 is 23.5 Å². The lowest BCUT2D eigenvalue weighted by Gasteiger charge is -2.26. The molecule has 6 heteroatoms. The normalized spacial score (nSPS) is 18.0. The number of Topliss-reactive ketones (excluding diaryl/α,β-unsaturated/α-hetero) is 1. The molecular formula is C14H15F3O3.